The Morgan fingerprint density at radius 2 is 1.50 bits per heavy atom. The van der Waals surface area contributed by atoms with Gasteiger partial charge in [-0.25, -0.2) is 0 Å². The van der Waals surface area contributed by atoms with Crippen molar-refractivity contribution in [2.24, 2.45) is 0 Å². The Morgan fingerprint density at radius 1 is 1.25 bits per heavy atom. The fraction of sp³-hybridized carbons (Fsp3) is 0.600. The number of methoxy groups -OCH3 is 1. The summed E-state index contributed by atoms with van der Waals surface area (Å²) in [6.45, 7) is 0. The average Bonchev–Trinajstić information content (AvgIpc) is 1.71. The molecule has 0 aliphatic carbocycles. The lowest BCUT2D eigenvalue weighted by Gasteiger charge is -1.61. The molecule has 0 bridgehead atoms. The van der Waals surface area contributed by atoms with Gasteiger partial charge in [-0.1, -0.05) is 0 Å². The molecule has 48 valence electrons. The summed E-state index contributed by atoms with van der Waals surface area (Å²) >= 11 is 0. The molecule has 3 heteroatoms. The molecule has 0 fully saturated rings. The van der Waals surface area contributed by atoms with Crippen LogP contribution in [0.2, 0.25) is 0 Å². The molecule has 0 unspecified atom stereocenters. The van der Waals surface area contributed by atoms with E-state index in [-0.39, 0.29) is 6.42 Å². The van der Waals surface area contributed by atoms with Crippen molar-refractivity contribution < 1.29 is 14.3 Å². The van der Waals surface area contributed by atoms with Crippen molar-refractivity contribution in [2.75, 3.05) is 14.2 Å². The first-order chi connectivity index (χ1) is 3.83. The molecule has 0 amide bonds. The van der Waals surface area contributed by atoms with Crippen LogP contribution in [0.15, 0.2) is 0 Å². The topological polar surface area (TPSA) is 43.4 Å². The minimum absolute atomic E-state index is 0.0278. The summed E-state index contributed by atoms with van der Waals surface area (Å²) in [7, 11) is 3.25. The normalized spacial score (nSPS) is 6.25. The van der Waals surface area contributed by atoms with E-state index in [1.807, 2.05) is 0 Å². The fourth-order valence-corrected chi connectivity index (χ4v) is 0.0393. The van der Waals surface area contributed by atoms with Crippen LogP contribution in [0.1, 0.15) is 6.42 Å². The minimum Gasteiger partial charge on any atom is -0.388 e. The third-order valence-electron chi connectivity index (χ3n) is 0.192. The third-order valence-corrected chi connectivity index (χ3v) is 0.192. The summed E-state index contributed by atoms with van der Waals surface area (Å²) < 4.78 is 4.25. The SMILES string of the molecule is COC.O=CCC=O. The van der Waals surface area contributed by atoms with Gasteiger partial charge in [-0.05, 0) is 0 Å². The van der Waals surface area contributed by atoms with Gasteiger partial charge < -0.3 is 14.3 Å². The van der Waals surface area contributed by atoms with Crippen LogP contribution in [-0.4, -0.2) is 26.8 Å². The number of ether oxygens (including phenoxy) is 1. The van der Waals surface area contributed by atoms with Gasteiger partial charge in [-0.15, -0.1) is 0 Å². The van der Waals surface area contributed by atoms with E-state index in [0.29, 0.717) is 12.6 Å². The third kappa shape index (κ3) is 58.0. The smallest absolute Gasteiger partial charge is 0.127 e. The van der Waals surface area contributed by atoms with Gasteiger partial charge in [0.1, 0.15) is 12.6 Å². The van der Waals surface area contributed by atoms with Gasteiger partial charge in [0.05, 0.1) is 6.42 Å². The lowest BCUT2D eigenvalue weighted by molar-refractivity contribution is -0.114. The highest BCUT2D eigenvalue weighted by atomic mass is 16.4. The van der Waals surface area contributed by atoms with Crippen LogP contribution >= 0.6 is 0 Å². The van der Waals surface area contributed by atoms with E-state index >= 15 is 0 Å². The van der Waals surface area contributed by atoms with Crippen molar-refractivity contribution in [2.45, 2.75) is 6.42 Å². The molecular weight excluding hydrogens is 108 g/mol. The van der Waals surface area contributed by atoms with Crippen LogP contribution in [0.4, 0.5) is 0 Å². The lowest BCUT2D eigenvalue weighted by atomic mass is 10.6. The molecule has 0 rings (SSSR count). The zero-order chi connectivity index (χ0) is 6.83. The van der Waals surface area contributed by atoms with Crippen LogP contribution in [-0.2, 0) is 14.3 Å². The second kappa shape index (κ2) is 16.3. The number of rotatable bonds is 2. The van der Waals surface area contributed by atoms with E-state index < -0.39 is 0 Å². The van der Waals surface area contributed by atoms with E-state index in [0.717, 1.165) is 0 Å². The maximum absolute atomic E-state index is 9.17. The van der Waals surface area contributed by atoms with Gasteiger partial charge in [0.2, 0.25) is 0 Å². The Balaban J connectivity index is 0. The summed E-state index contributed by atoms with van der Waals surface area (Å²) in [4.78, 5) is 18.3. The molecule has 3 nitrogen and oxygen atoms in total. The summed E-state index contributed by atoms with van der Waals surface area (Å²) in [5.41, 5.74) is 0. The van der Waals surface area contributed by atoms with Crippen molar-refractivity contribution in [3.05, 3.63) is 0 Å². The maximum Gasteiger partial charge on any atom is 0.127 e. The second-order valence-corrected chi connectivity index (χ2v) is 0.977. The number of carbonyl (C=O) groups is 2. The number of aldehydes is 2. The van der Waals surface area contributed by atoms with Crippen LogP contribution < -0.4 is 0 Å². The highest BCUT2D eigenvalue weighted by Gasteiger charge is 1.65. The quantitative estimate of drug-likeness (QED) is 0.379. The number of hydrogen-bond acceptors (Lipinski definition) is 3. The highest BCUT2D eigenvalue weighted by molar-refractivity contribution is 5.72. The standard InChI is InChI=1S/C3H4O2.C2H6O/c4-2-1-3-5;1-3-2/h2-3H,1H2;1-2H3. The Kier molecular flexibility index (Phi) is 21.0. The molecule has 0 aromatic carbocycles. The Hall–Kier alpha value is -0.700. The molecule has 0 aromatic heterocycles. The Bertz CT molecular complexity index is 45.6. The monoisotopic (exact) mass is 118 g/mol. The molecule has 8 heavy (non-hydrogen) atoms. The van der Waals surface area contributed by atoms with Crippen molar-refractivity contribution in [1.82, 2.24) is 0 Å². The number of hydrogen-bond donors (Lipinski definition) is 0. The van der Waals surface area contributed by atoms with Gasteiger partial charge >= 0.3 is 0 Å². The van der Waals surface area contributed by atoms with Crippen LogP contribution in [0.25, 0.3) is 0 Å². The van der Waals surface area contributed by atoms with Crippen molar-refractivity contribution in [3.8, 4) is 0 Å². The van der Waals surface area contributed by atoms with Gasteiger partial charge in [0.15, 0.2) is 0 Å². The van der Waals surface area contributed by atoms with Gasteiger partial charge in [0.25, 0.3) is 0 Å². The van der Waals surface area contributed by atoms with E-state index in [2.05, 4.69) is 4.74 Å². The predicted octanol–water partition coefficient (Wildman–Crippen LogP) is 0.0369. The van der Waals surface area contributed by atoms with Gasteiger partial charge in [-0.3, -0.25) is 0 Å². The maximum atomic E-state index is 9.17. The second-order valence-electron chi connectivity index (χ2n) is 0.977. The fourth-order valence-electron chi connectivity index (χ4n) is 0.0393. The summed E-state index contributed by atoms with van der Waals surface area (Å²) in [6, 6.07) is 0. The van der Waals surface area contributed by atoms with Crippen molar-refractivity contribution in [1.29, 1.82) is 0 Å². The zero-order valence-corrected chi connectivity index (χ0v) is 5.09. The van der Waals surface area contributed by atoms with Gasteiger partial charge in [-0.2, -0.15) is 0 Å². The zero-order valence-electron chi connectivity index (χ0n) is 5.09. The van der Waals surface area contributed by atoms with Crippen LogP contribution in [0.3, 0.4) is 0 Å². The first-order valence-electron chi connectivity index (χ1n) is 2.10. The molecule has 0 spiro atoms. The molecule has 0 N–H and O–H groups in total. The molecule has 0 aliphatic rings. The summed E-state index contributed by atoms with van der Waals surface area (Å²) in [6.07, 6.45) is 1.15. The first kappa shape index (κ1) is 10.3. The predicted molar refractivity (Wildman–Crippen MR) is 29.7 cm³/mol. The molecule has 0 saturated carbocycles. The largest absolute Gasteiger partial charge is 0.388 e. The highest BCUT2D eigenvalue weighted by Crippen LogP contribution is 1.50. The van der Waals surface area contributed by atoms with Crippen molar-refractivity contribution >= 4 is 12.6 Å². The van der Waals surface area contributed by atoms with Crippen LogP contribution in [0, 0.1) is 0 Å². The molecule has 0 atom stereocenters. The lowest BCUT2D eigenvalue weighted by Crippen LogP contribution is -1.69. The summed E-state index contributed by atoms with van der Waals surface area (Å²) in [5, 5.41) is 0. The molecule has 0 radical (unpaired) electrons. The average molecular weight is 118 g/mol. The first-order valence-corrected chi connectivity index (χ1v) is 2.10. The van der Waals surface area contributed by atoms with Crippen LogP contribution in [0.5, 0.6) is 0 Å². The molecule has 0 aliphatic heterocycles. The van der Waals surface area contributed by atoms with E-state index in [4.69, 9.17) is 0 Å². The molecule has 0 saturated heterocycles. The molecule has 0 aromatic rings. The van der Waals surface area contributed by atoms with Gasteiger partial charge in [0, 0.05) is 14.2 Å². The Labute approximate surface area is 48.6 Å². The molecule has 0 heterocycles. The summed E-state index contributed by atoms with van der Waals surface area (Å²) in [5.74, 6) is 0. The van der Waals surface area contributed by atoms with E-state index in [1.54, 1.807) is 14.2 Å². The number of carbonyl (C=O) groups excluding carboxylic acids is 2. The minimum atomic E-state index is 0.0278. The van der Waals surface area contributed by atoms with E-state index in [9.17, 15) is 9.59 Å². The van der Waals surface area contributed by atoms with Crippen molar-refractivity contribution in [3.63, 3.8) is 0 Å². The Morgan fingerprint density at radius 3 is 1.50 bits per heavy atom. The molecular formula is C5H10O3. The van der Waals surface area contributed by atoms with E-state index in [1.165, 1.54) is 0 Å².